The Morgan fingerprint density at radius 1 is 0.262 bits per heavy atom. The quantitative estimate of drug-likeness (QED) is 0.0222. The highest BCUT2D eigenvalue weighted by atomic mass is 31.2. The van der Waals surface area contributed by atoms with Gasteiger partial charge in [-0.3, -0.25) is 37.3 Å². The smallest absolute Gasteiger partial charge is 0.462 e. The third-order valence-corrected chi connectivity index (χ3v) is 21.5. The number of phosphoric ester groups is 2. The van der Waals surface area contributed by atoms with Crippen LogP contribution in [0, 0.1) is 17.8 Å². The van der Waals surface area contributed by atoms with Crippen LogP contribution in [-0.4, -0.2) is 96.7 Å². The van der Waals surface area contributed by atoms with E-state index in [4.69, 9.17) is 37.0 Å². The molecule has 0 bridgehead atoms. The zero-order chi connectivity index (χ0) is 75.8. The van der Waals surface area contributed by atoms with Gasteiger partial charge in [0.25, 0.3) is 0 Å². The van der Waals surface area contributed by atoms with Crippen LogP contribution in [0.25, 0.3) is 0 Å². The molecular formula is C84H164O17P2. The predicted molar refractivity (Wildman–Crippen MR) is 423 cm³/mol. The number of carbonyl (C=O) groups excluding carboxylic acids is 4. The van der Waals surface area contributed by atoms with Crippen molar-refractivity contribution in [3.63, 3.8) is 0 Å². The molecule has 5 atom stereocenters. The maximum absolute atomic E-state index is 13.1. The van der Waals surface area contributed by atoms with Crippen LogP contribution < -0.4 is 0 Å². The molecular weight excluding hydrogens is 1340 g/mol. The maximum atomic E-state index is 13.1. The molecule has 612 valence electrons. The minimum Gasteiger partial charge on any atom is -0.462 e. The van der Waals surface area contributed by atoms with Crippen LogP contribution in [0.2, 0.25) is 0 Å². The van der Waals surface area contributed by atoms with Crippen molar-refractivity contribution in [3.8, 4) is 0 Å². The van der Waals surface area contributed by atoms with E-state index in [1.54, 1.807) is 0 Å². The largest absolute Gasteiger partial charge is 0.472 e. The van der Waals surface area contributed by atoms with Crippen molar-refractivity contribution in [2.45, 2.75) is 458 Å². The lowest BCUT2D eigenvalue weighted by atomic mass is 10.0. The fourth-order valence-corrected chi connectivity index (χ4v) is 14.6. The molecule has 0 spiro atoms. The van der Waals surface area contributed by atoms with Crippen molar-refractivity contribution < 1.29 is 80.2 Å². The average Bonchev–Trinajstić information content (AvgIpc) is 0.917. The molecule has 3 N–H and O–H groups in total. The van der Waals surface area contributed by atoms with E-state index in [1.165, 1.54) is 250 Å². The first-order valence-corrected chi connectivity index (χ1v) is 46.3. The van der Waals surface area contributed by atoms with Crippen LogP contribution in [0.1, 0.15) is 440 Å². The summed E-state index contributed by atoms with van der Waals surface area (Å²) < 4.78 is 68.8. The Balaban J connectivity index is 5.24. The van der Waals surface area contributed by atoms with Crippen molar-refractivity contribution in [1.29, 1.82) is 0 Å². The monoisotopic (exact) mass is 1510 g/mol. The van der Waals surface area contributed by atoms with Gasteiger partial charge >= 0.3 is 39.5 Å². The van der Waals surface area contributed by atoms with Gasteiger partial charge in [-0.25, -0.2) is 9.13 Å². The Morgan fingerprint density at radius 2 is 0.447 bits per heavy atom. The highest BCUT2D eigenvalue weighted by Crippen LogP contribution is 2.45. The zero-order valence-corrected chi connectivity index (χ0v) is 69.6. The fourth-order valence-electron chi connectivity index (χ4n) is 13.0. The van der Waals surface area contributed by atoms with E-state index in [2.05, 4.69) is 48.5 Å². The molecule has 0 aromatic carbocycles. The second-order valence-electron chi connectivity index (χ2n) is 31.6. The second-order valence-corrected chi connectivity index (χ2v) is 34.6. The number of rotatable bonds is 82. The van der Waals surface area contributed by atoms with Gasteiger partial charge in [0, 0.05) is 25.7 Å². The first kappa shape index (κ1) is 101. The minimum absolute atomic E-state index is 0.106. The van der Waals surface area contributed by atoms with E-state index in [9.17, 15) is 43.2 Å². The highest BCUT2D eigenvalue weighted by Gasteiger charge is 2.30. The molecule has 2 unspecified atom stereocenters. The Labute approximate surface area is 632 Å². The first-order valence-electron chi connectivity index (χ1n) is 43.3. The third-order valence-electron chi connectivity index (χ3n) is 19.6. The number of carbonyl (C=O) groups is 4. The van der Waals surface area contributed by atoms with Gasteiger partial charge in [-0.1, -0.05) is 389 Å². The van der Waals surface area contributed by atoms with Crippen molar-refractivity contribution in [2.75, 3.05) is 39.6 Å². The molecule has 0 radical (unpaired) electrons. The summed E-state index contributed by atoms with van der Waals surface area (Å²) in [5, 5.41) is 10.7. The number of unbranched alkanes of at least 4 members (excludes halogenated alkanes) is 50. The van der Waals surface area contributed by atoms with Crippen LogP contribution in [0.3, 0.4) is 0 Å². The number of esters is 4. The lowest BCUT2D eigenvalue weighted by molar-refractivity contribution is -0.161. The van der Waals surface area contributed by atoms with Gasteiger partial charge in [-0.15, -0.1) is 0 Å². The first-order chi connectivity index (χ1) is 49.7. The second kappa shape index (κ2) is 74.2. The summed E-state index contributed by atoms with van der Waals surface area (Å²) in [5.41, 5.74) is 0. The Bertz CT molecular complexity index is 1990. The molecule has 0 aliphatic rings. The van der Waals surface area contributed by atoms with Crippen LogP contribution in [0.4, 0.5) is 0 Å². The SMILES string of the molecule is CCCCCCCCCCCCCCCCCCCC(=O)OC[C@H](COP(=O)(O)OC[C@@H](O)COP(=O)(O)OC[C@@H](COC(=O)CCCCCCCCCCC(C)C)OC(=O)CCCCCCCCCCCCCC(C)C)OC(=O)CCCCCCCCCCCCCCCCCCCCC(C)C. The Kier molecular flexibility index (Phi) is 72.8. The molecule has 0 aromatic rings. The average molecular weight is 1510 g/mol. The van der Waals surface area contributed by atoms with E-state index >= 15 is 0 Å². The van der Waals surface area contributed by atoms with Gasteiger partial charge in [0.2, 0.25) is 0 Å². The van der Waals surface area contributed by atoms with Gasteiger partial charge in [0.15, 0.2) is 12.2 Å². The van der Waals surface area contributed by atoms with Gasteiger partial charge < -0.3 is 33.8 Å². The number of ether oxygens (including phenoxy) is 4. The molecule has 0 aliphatic heterocycles. The van der Waals surface area contributed by atoms with Gasteiger partial charge in [0.1, 0.15) is 19.3 Å². The molecule has 19 heteroatoms. The highest BCUT2D eigenvalue weighted by molar-refractivity contribution is 7.47. The number of hydrogen-bond donors (Lipinski definition) is 3. The standard InChI is InChI=1S/C84H164O17P2/c1-8-9-10-11-12-13-14-15-16-19-23-26-31-36-44-51-58-65-81(86)94-71-79(100-83(88)67-60-53-46-37-32-27-24-21-18-17-20-22-25-29-34-41-48-55-62-75(2)3)73-98-102(90,91)96-69-78(85)70-97-103(92,93)99-74-80(72-95-82(87)66-59-52-45-40-39-43-50-57-64-77(6)7)101-84(89)68-61-54-47-38-33-28-30-35-42-49-56-63-76(4)5/h75-80,85H,8-74H2,1-7H3,(H,90,91)(H,92,93)/t78-,79-,80-/m1/s1. The lowest BCUT2D eigenvalue weighted by Crippen LogP contribution is -2.30. The number of aliphatic hydroxyl groups excluding tert-OH is 1. The predicted octanol–water partition coefficient (Wildman–Crippen LogP) is 25.3. The van der Waals surface area contributed by atoms with Crippen molar-refractivity contribution in [1.82, 2.24) is 0 Å². The topological polar surface area (TPSA) is 237 Å². The summed E-state index contributed by atoms with van der Waals surface area (Å²) in [5.74, 6) is 0.204. The molecule has 17 nitrogen and oxygen atoms in total. The molecule has 0 rings (SSSR count). The number of phosphoric acid groups is 2. The Hall–Kier alpha value is -1.94. The molecule has 0 aliphatic carbocycles. The molecule has 0 saturated carbocycles. The summed E-state index contributed by atoms with van der Waals surface area (Å²) in [6.07, 6.45) is 63.9. The van der Waals surface area contributed by atoms with Crippen molar-refractivity contribution in [2.24, 2.45) is 17.8 Å². The zero-order valence-electron chi connectivity index (χ0n) is 67.8. The molecule has 0 heterocycles. The normalized spacial score (nSPS) is 13.9. The summed E-state index contributed by atoms with van der Waals surface area (Å²) in [4.78, 5) is 73.1. The summed E-state index contributed by atoms with van der Waals surface area (Å²) in [6, 6.07) is 0. The van der Waals surface area contributed by atoms with Crippen molar-refractivity contribution in [3.05, 3.63) is 0 Å². The van der Waals surface area contributed by atoms with Crippen LogP contribution >= 0.6 is 15.6 Å². The van der Waals surface area contributed by atoms with Crippen LogP contribution in [0.15, 0.2) is 0 Å². The molecule has 0 fully saturated rings. The van der Waals surface area contributed by atoms with Crippen LogP contribution in [-0.2, 0) is 65.4 Å². The number of hydrogen-bond acceptors (Lipinski definition) is 15. The summed E-state index contributed by atoms with van der Waals surface area (Å²) >= 11 is 0. The molecule has 0 saturated heterocycles. The number of aliphatic hydroxyl groups is 1. The Morgan fingerprint density at radius 3 is 0.660 bits per heavy atom. The lowest BCUT2D eigenvalue weighted by Gasteiger charge is -2.21. The van der Waals surface area contributed by atoms with Gasteiger partial charge in [-0.2, -0.15) is 0 Å². The minimum atomic E-state index is -4.96. The fraction of sp³-hybridized carbons (Fsp3) is 0.952. The van der Waals surface area contributed by atoms with E-state index in [0.717, 1.165) is 108 Å². The molecule has 0 aromatic heterocycles. The third kappa shape index (κ3) is 78.0. The van der Waals surface area contributed by atoms with Crippen molar-refractivity contribution >= 4 is 39.5 Å². The van der Waals surface area contributed by atoms with Crippen LogP contribution in [0.5, 0.6) is 0 Å². The van der Waals surface area contributed by atoms with E-state index in [0.29, 0.717) is 25.7 Å². The molecule has 103 heavy (non-hydrogen) atoms. The van der Waals surface area contributed by atoms with Gasteiger partial charge in [0.05, 0.1) is 26.4 Å². The van der Waals surface area contributed by atoms with Gasteiger partial charge in [-0.05, 0) is 43.4 Å². The molecule has 0 amide bonds. The van der Waals surface area contributed by atoms with E-state index in [-0.39, 0.29) is 25.7 Å². The maximum Gasteiger partial charge on any atom is 0.472 e. The summed E-state index contributed by atoms with van der Waals surface area (Å²) in [6.45, 7) is 12.0. The van der Waals surface area contributed by atoms with E-state index in [1.807, 2.05) is 0 Å². The summed E-state index contributed by atoms with van der Waals surface area (Å²) in [7, 11) is -9.93. The van der Waals surface area contributed by atoms with E-state index < -0.39 is 97.5 Å².